The molecule has 76 valence electrons. The number of aliphatic hydroxyl groups excluding tert-OH is 1. The smallest absolute Gasteiger partial charge is 0.255 e. The van der Waals surface area contributed by atoms with Gasteiger partial charge in [-0.05, 0) is 17.7 Å². The lowest BCUT2D eigenvalue weighted by molar-refractivity contribution is -0.126. The predicted octanol–water partition coefficient (Wildman–Crippen LogP) is 0.683. The first-order chi connectivity index (χ1) is 6.52. The molecule has 1 aromatic rings. The molecule has 0 radical (unpaired) electrons. The van der Waals surface area contributed by atoms with Crippen LogP contribution >= 0.6 is 0 Å². The standard InChI is InChI=1S/C9H9F2NO2/c10-6-3-1-5(2-4-6)8(13)7(11)9(12)14/h1-4,7-8,13H,(H2,12,14)/t7-,8-/m1/s1. The van der Waals surface area contributed by atoms with Gasteiger partial charge in [0.05, 0.1) is 0 Å². The van der Waals surface area contributed by atoms with Crippen LogP contribution in [0.3, 0.4) is 0 Å². The molecule has 0 aliphatic heterocycles. The number of nitrogens with two attached hydrogens (primary N) is 1. The zero-order chi connectivity index (χ0) is 10.7. The fourth-order valence-corrected chi connectivity index (χ4v) is 0.985. The van der Waals surface area contributed by atoms with Gasteiger partial charge in [0.25, 0.3) is 5.91 Å². The van der Waals surface area contributed by atoms with Crippen LogP contribution in [0.1, 0.15) is 11.7 Å². The summed E-state index contributed by atoms with van der Waals surface area (Å²) in [6.45, 7) is 0. The van der Waals surface area contributed by atoms with Crippen LogP contribution in [0.5, 0.6) is 0 Å². The quantitative estimate of drug-likeness (QED) is 0.755. The summed E-state index contributed by atoms with van der Waals surface area (Å²) < 4.78 is 25.3. The monoisotopic (exact) mass is 201 g/mol. The van der Waals surface area contributed by atoms with Gasteiger partial charge in [-0.3, -0.25) is 4.79 Å². The van der Waals surface area contributed by atoms with E-state index in [9.17, 15) is 18.7 Å². The Labute approximate surface area is 79.2 Å². The van der Waals surface area contributed by atoms with Gasteiger partial charge in [0.2, 0.25) is 6.17 Å². The summed E-state index contributed by atoms with van der Waals surface area (Å²) in [7, 11) is 0. The van der Waals surface area contributed by atoms with Crippen molar-refractivity contribution < 1.29 is 18.7 Å². The second kappa shape index (κ2) is 4.15. The number of carbonyl (C=O) groups is 1. The van der Waals surface area contributed by atoms with Crippen molar-refractivity contribution in [3.63, 3.8) is 0 Å². The van der Waals surface area contributed by atoms with Crippen LogP contribution < -0.4 is 5.73 Å². The molecule has 0 unspecified atom stereocenters. The minimum atomic E-state index is -2.18. The summed E-state index contributed by atoms with van der Waals surface area (Å²) in [5.41, 5.74) is 4.77. The Hall–Kier alpha value is -1.49. The molecule has 0 spiro atoms. The molecule has 0 saturated heterocycles. The first-order valence-corrected chi connectivity index (χ1v) is 3.89. The fourth-order valence-electron chi connectivity index (χ4n) is 0.985. The Kier molecular flexibility index (Phi) is 3.14. The van der Waals surface area contributed by atoms with Gasteiger partial charge in [-0.15, -0.1) is 0 Å². The number of halogens is 2. The maximum Gasteiger partial charge on any atom is 0.255 e. The molecule has 3 nitrogen and oxygen atoms in total. The summed E-state index contributed by atoms with van der Waals surface area (Å²) in [6.07, 6.45) is -3.83. The molecule has 0 aliphatic carbocycles. The van der Waals surface area contributed by atoms with E-state index in [-0.39, 0.29) is 5.56 Å². The van der Waals surface area contributed by atoms with Crippen molar-refractivity contribution >= 4 is 5.91 Å². The number of alkyl halides is 1. The maximum atomic E-state index is 12.9. The van der Waals surface area contributed by atoms with E-state index in [1.54, 1.807) is 0 Å². The second-order valence-electron chi connectivity index (χ2n) is 2.80. The topological polar surface area (TPSA) is 63.3 Å². The van der Waals surface area contributed by atoms with Gasteiger partial charge in [-0.25, -0.2) is 8.78 Å². The molecule has 5 heteroatoms. The van der Waals surface area contributed by atoms with E-state index in [1.807, 2.05) is 0 Å². The Bertz CT molecular complexity index is 326. The molecule has 0 aromatic heterocycles. The van der Waals surface area contributed by atoms with Crippen LogP contribution in [0.15, 0.2) is 24.3 Å². The highest BCUT2D eigenvalue weighted by Gasteiger charge is 2.25. The van der Waals surface area contributed by atoms with Crippen LogP contribution in [-0.4, -0.2) is 17.2 Å². The number of hydrogen-bond acceptors (Lipinski definition) is 2. The highest BCUT2D eigenvalue weighted by Crippen LogP contribution is 2.19. The van der Waals surface area contributed by atoms with Crippen molar-refractivity contribution in [2.45, 2.75) is 12.3 Å². The van der Waals surface area contributed by atoms with Crippen LogP contribution in [0.2, 0.25) is 0 Å². The molecule has 0 bridgehead atoms. The van der Waals surface area contributed by atoms with E-state index < -0.39 is 24.0 Å². The van der Waals surface area contributed by atoms with Crippen molar-refractivity contribution in [3.8, 4) is 0 Å². The molecule has 0 saturated carbocycles. The Morgan fingerprint density at radius 2 is 1.86 bits per heavy atom. The van der Waals surface area contributed by atoms with E-state index in [0.717, 1.165) is 12.1 Å². The Morgan fingerprint density at radius 3 is 2.29 bits per heavy atom. The number of rotatable bonds is 3. The highest BCUT2D eigenvalue weighted by atomic mass is 19.1. The summed E-state index contributed by atoms with van der Waals surface area (Å²) in [6, 6.07) is 4.50. The molecule has 1 rings (SSSR count). The average molecular weight is 201 g/mol. The van der Waals surface area contributed by atoms with Crippen molar-refractivity contribution in [2.75, 3.05) is 0 Å². The predicted molar refractivity (Wildman–Crippen MR) is 45.5 cm³/mol. The SMILES string of the molecule is NC(=O)[C@H](F)[C@H](O)c1ccc(F)cc1. The average Bonchev–Trinajstić information content (AvgIpc) is 2.16. The zero-order valence-electron chi connectivity index (χ0n) is 7.15. The van der Waals surface area contributed by atoms with Crippen LogP contribution in [0.25, 0.3) is 0 Å². The molecule has 3 N–H and O–H groups in total. The third-order valence-corrected chi connectivity index (χ3v) is 1.76. The first-order valence-electron chi connectivity index (χ1n) is 3.89. The van der Waals surface area contributed by atoms with Gasteiger partial charge in [0.15, 0.2) is 0 Å². The third kappa shape index (κ3) is 2.26. The molecular weight excluding hydrogens is 192 g/mol. The zero-order valence-corrected chi connectivity index (χ0v) is 7.15. The van der Waals surface area contributed by atoms with Crippen LogP contribution in [-0.2, 0) is 4.79 Å². The van der Waals surface area contributed by atoms with Gasteiger partial charge < -0.3 is 10.8 Å². The van der Waals surface area contributed by atoms with E-state index in [0.29, 0.717) is 0 Å². The molecule has 0 aliphatic rings. The molecular formula is C9H9F2NO2. The largest absolute Gasteiger partial charge is 0.385 e. The minimum Gasteiger partial charge on any atom is -0.385 e. The lowest BCUT2D eigenvalue weighted by atomic mass is 10.1. The number of hydrogen-bond donors (Lipinski definition) is 2. The van der Waals surface area contributed by atoms with E-state index in [1.165, 1.54) is 12.1 Å². The van der Waals surface area contributed by atoms with Crippen LogP contribution in [0.4, 0.5) is 8.78 Å². The second-order valence-corrected chi connectivity index (χ2v) is 2.80. The van der Waals surface area contributed by atoms with E-state index in [2.05, 4.69) is 5.73 Å². The van der Waals surface area contributed by atoms with Crippen molar-refractivity contribution in [2.24, 2.45) is 5.73 Å². The van der Waals surface area contributed by atoms with Gasteiger partial charge in [-0.1, -0.05) is 12.1 Å². The first kappa shape index (κ1) is 10.6. The van der Waals surface area contributed by atoms with Crippen molar-refractivity contribution in [1.82, 2.24) is 0 Å². The number of carbonyl (C=O) groups excluding carboxylic acids is 1. The number of benzene rings is 1. The van der Waals surface area contributed by atoms with Crippen LogP contribution in [0, 0.1) is 5.82 Å². The molecule has 0 fully saturated rings. The van der Waals surface area contributed by atoms with Gasteiger partial charge >= 0.3 is 0 Å². The molecule has 2 atom stereocenters. The maximum absolute atomic E-state index is 12.9. The minimum absolute atomic E-state index is 0.109. The third-order valence-electron chi connectivity index (χ3n) is 1.76. The number of primary amides is 1. The summed E-state index contributed by atoms with van der Waals surface area (Å²) in [4.78, 5) is 10.4. The molecule has 1 amide bonds. The summed E-state index contributed by atoms with van der Waals surface area (Å²) in [5.74, 6) is -1.75. The van der Waals surface area contributed by atoms with Gasteiger partial charge in [0.1, 0.15) is 11.9 Å². The van der Waals surface area contributed by atoms with Crippen molar-refractivity contribution in [1.29, 1.82) is 0 Å². The Balaban J connectivity index is 2.84. The summed E-state index contributed by atoms with van der Waals surface area (Å²) in [5, 5.41) is 9.25. The normalized spacial score (nSPS) is 14.8. The Morgan fingerprint density at radius 1 is 1.36 bits per heavy atom. The van der Waals surface area contributed by atoms with Crippen molar-refractivity contribution in [3.05, 3.63) is 35.6 Å². The molecule has 14 heavy (non-hydrogen) atoms. The highest BCUT2D eigenvalue weighted by molar-refractivity contribution is 5.79. The number of aliphatic hydroxyl groups is 1. The van der Waals surface area contributed by atoms with Gasteiger partial charge in [0, 0.05) is 0 Å². The lowest BCUT2D eigenvalue weighted by Gasteiger charge is -2.12. The lowest BCUT2D eigenvalue weighted by Crippen LogP contribution is -2.30. The molecule has 1 aromatic carbocycles. The van der Waals surface area contributed by atoms with E-state index in [4.69, 9.17) is 0 Å². The fraction of sp³-hybridized carbons (Fsp3) is 0.222. The van der Waals surface area contributed by atoms with E-state index >= 15 is 0 Å². The molecule has 0 heterocycles. The van der Waals surface area contributed by atoms with Gasteiger partial charge in [-0.2, -0.15) is 0 Å². The summed E-state index contributed by atoms with van der Waals surface area (Å²) >= 11 is 0. The number of amides is 1.